The summed E-state index contributed by atoms with van der Waals surface area (Å²) in [4.78, 5) is 9.74. The van der Waals surface area contributed by atoms with Gasteiger partial charge in [-0.1, -0.05) is 118 Å². The Kier molecular flexibility index (Phi) is 8.60. The van der Waals surface area contributed by atoms with E-state index in [9.17, 15) is 0 Å². The lowest BCUT2D eigenvalue weighted by atomic mass is 9.88. The van der Waals surface area contributed by atoms with Crippen molar-refractivity contribution in [1.29, 1.82) is 0 Å². The Bertz CT molecular complexity index is 2900. The molecule has 9 aromatic rings. The number of aromatic nitrogens is 2. The third-order valence-electron chi connectivity index (χ3n) is 11.3. The highest BCUT2D eigenvalue weighted by atomic mass is 16.5. The van der Waals surface area contributed by atoms with Gasteiger partial charge in [-0.3, -0.25) is 4.57 Å². The molecule has 0 N–H and O–H groups in total. The third-order valence-corrected chi connectivity index (χ3v) is 11.3. The molecule has 0 bridgehead atoms. The molecule has 7 aromatic carbocycles. The number of pyridine rings is 1. The summed E-state index contributed by atoms with van der Waals surface area (Å²) in [6.45, 7) is 9.55. The van der Waals surface area contributed by atoms with E-state index in [4.69, 9.17) is 9.72 Å². The van der Waals surface area contributed by atoms with Gasteiger partial charge in [-0.05, 0) is 101 Å². The van der Waals surface area contributed by atoms with Crippen LogP contribution in [0.15, 0.2) is 182 Å². The summed E-state index contributed by atoms with van der Waals surface area (Å²) in [5.41, 5.74) is 14.0. The fraction of sp³-hybridized carbons (Fsp3) is 0.113. The van der Waals surface area contributed by atoms with Crippen LogP contribution in [0.5, 0.6) is 11.5 Å². The van der Waals surface area contributed by atoms with Crippen molar-refractivity contribution in [2.45, 2.75) is 33.1 Å². The highest BCUT2D eigenvalue weighted by Crippen LogP contribution is 2.50. The van der Waals surface area contributed by atoms with Crippen LogP contribution in [0.25, 0.3) is 49.9 Å². The van der Waals surface area contributed by atoms with Gasteiger partial charge in [0.05, 0.1) is 28.1 Å². The molecular weight excluding hydrogens is 709 g/mol. The van der Waals surface area contributed by atoms with E-state index in [1.165, 1.54) is 44.5 Å². The molecule has 0 amide bonds. The van der Waals surface area contributed by atoms with E-state index < -0.39 is 0 Å². The number of nitrogens with zero attached hydrogens (tertiary/aromatic N) is 4. The van der Waals surface area contributed by atoms with Gasteiger partial charge < -0.3 is 14.5 Å². The van der Waals surface area contributed by atoms with Gasteiger partial charge in [0.2, 0.25) is 0 Å². The van der Waals surface area contributed by atoms with Crippen LogP contribution in [-0.2, 0) is 5.41 Å². The second-order valence-electron chi connectivity index (χ2n) is 16.2. The molecule has 5 nitrogen and oxygen atoms in total. The van der Waals surface area contributed by atoms with Gasteiger partial charge in [0, 0.05) is 45.9 Å². The van der Waals surface area contributed by atoms with E-state index in [0.717, 1.165) is 50.8 Å². The Morgan fingerprint density at radius 1 is 0.534 bits per heavy atom. The number of para-hydroxylation sites is 3. The van der Waals surface area contributed by atoms with Crippen LogP contribution in [0.1, 0.15) is 31.9 Å². The SMILES string of the molecule is Cc1cc(-c2ccccc2)c(N2CN(c3cccc(Oc4ccc5c6ccccc6n(-c6cc(C(C)(C)C)ccn6)c5c4)c3)c3ccccc32)c(-c2ccccc2)c1. The Labute approximate surface area is 340 Å². The summed E-state index contributed by atoms with van der Waals surface area (Å²) in [7, 11) is 0. The number of ether oxygens (including phenoxy) is 1. The quantitative estimate of drug-likeness (QED) is 0.162. The number of aryl methyl sites for hydroxylation is 1. The maximum absolute atomic E-state index is 6.74. The smallest absolute Gasteiger partial charge is 0.137 e. The predicted octanol–water partition coefficient (Wildman–Crippen LogP) is 14.2. The maximum Gasteiger partial charge on any atom is 0.137 e. The predicted molar refractivity (Wildman–Crippen MR) is 241 cm³/mol. The van der Waals surface area contributed by atoms with Crippen molar-refractivity contribution in [1.82, 2.24) is 9.55 Å². The number of hydrogen-bond acceptors (Lipinski definition) is 4. The monoisotopic (exact) mass is 752 g/mol. The Morgan fingerprint density at radius 3 is 1.86 bits per heavy atom. The van der Waals surface area contributed by atoms with Crippen LogP contribution in [0.3, 0.4) is 0 Å². The molecule has 0 radical (unpaired) electrons. The number of fused-ring (bicyclic) bond motifs is 4. The molecule has 2 aromatic heterocycles. The molecule has 5 heteroatoms. The van der Waals surface area contributed by atoms with Crippen molar-refractivity contribution < 1.29 is 4.74 Å². The minimum atomic E-state index is -0.00285. The topological polar surface area (TPSA) is 33.5 Å². The zero-order valence-corrected chi connectivity index (χ0v) is 33.2. The van der Waals surface area contributed by atoms with Crippen molar-refractivity contribution in [3.05, 3.63) is 193 Å². The zero-order chi connectivity index (χ0) is 39.4. The van der Waals surface area contributed by atoms with Gasteiger partial charge >= 0.3 is 0 Å². The zero-order valence-electron chi connectivity index (χ0n) is 33.2. The third kappa shape index (κ3) is 6.25. The lowest BCUT2D eigenvalue weighted by molar-refractivity contribution is 0.483. The van der Waals surface area contributed by atoms with Crippen molar-refractivity contribution in [3.8, 4) is 39.6 Å². The molecule has 0 saturated heterocycles. The lowest BCUT2D eigenvalue weighted by Crippen LogP contribution is -2.25. The van der Waals surface area contributed by atoms with Gasteiger partial charge in [-0.15, -0.1) is 0 Å². The summed E-state index contributed by atoms with van der Waals surface area (Å²) < 4.78 is 9.01. The second-order valence-corrected chi connectivity index (χ2v) is 16.2. The van der Waals surface area contributed by atoms with Crippen molar-refractivity contribution in [2.75, 3.05) is 16.5 Å². The number of anilines is 4. The molecule has 1 aliphatic heterocycles. The van der Waals surface area contributed by atoms with Crippen LogP contribution in [0, 0.1) is 6.92 Å². The first-order valence-electron chi connectivity index (χ1n) is 20.0. The first-order valence-corrected chi connectivity index (χ1v) is 20.0. The van der Waals surface area contributed by atoms with Gasteiger partial charge in [0.1, 0.15) is 24.0 Å². The van der Waals surface area contributed by atoms with Crippen molar-refractivity contribution in [3.63, 3.8) is 0 Å². The van der Waals surface area contributed by atoms with Crippen molar-refractivity contribution >= 4 is 44.6 Å². The van der Waals surface area contributed by atoms with E-state index in [-0.39, 0.29) is 5.41 Å². The molecule has 0 atom stereocenters. The molecule has 0 spiro atoms. The average Bonchev–Trinajstić information content (AvgIpc) is 3.80. The Morgan fingerprint density at radius 2 is 1.16 bits per heavy atom. The summed E-state index contributed by atoms with van der Waals surface area (Å²) in [5, 5.41) is 2.35. The van der Waals surface area contributed by atoms with Crippen LogP contribution in [-0.4, -0.2) is 16.2 Å². The summed E-state index contributed by atoms with van der Waals surface area (Å²) in [6, 6.07) is 62.6. The van der Waals surface area contributed by atoms with Crippen LogP contribution < -0.4 is 14.5 Å². The largest absolute Gasteiger partial charge is 0.457 e. The van der Waals surface area contributed by atoms with Gasteiger partial charge in [0.15, 0.2) is 0 Å². The van der Waals surface area contributed by atoms with Crippen LogP contribution in [0.2, 0.25) is 0 Å². The van der Waals surface area contributed by atoms with Crippen LogP contribution >= 0.6 is 0 Å². The molecule has 1 aliphatic rings. The first-order chi connectivity index (χ1) is 28.3. The molecular formula is C53H44N4O. The fourth-order valence-corrected chi connectivity index (χ4v) is 8.49. The van der Waals surface area contributed by atoms with Gasteiger partial charge in [0.25, 0.3) is 0 Å². The molecule has 282 valence electrons. The fourth-order valence-electron chi connectivity index (χ4n) is 8.49. The minimum Gasteiger partial charge on any atom is -0.457 e. The molecule has 0 unspecified atom stereocenters. The van der Waals surface area contributed by atoms with E-state index >= 15 is 0 Å². The van der Waals surface area contributed by atoms with Crippen LogP contribution in [0.4, 0.5) is 22.7 Å². The summed E-state index contributed by atoms with van der Waals surface area (Å²) in [6.07, 6.45) is 1.92. The highest BCUT2D eigenvalue weighted by molar-refractivity contribution is 6.09. The second kappa shape index (κ2) is 14.1. The molecule has 0 fully saturated rings. The molecule has 3 heterocycles. The summed E-state index contributed by atoms with van der Waals surface area (Å²) in [5.74, 6) is 2.44. The lowest BCUT2D eigenvalue weighted by Gasteiger charge is -2.28. The molecule has 0 saturated carbocycles. The molecule has 58 heavy (non-hydrogen) atoms. The summed E-state index contributed by atoms with van der Waals surface area (Å²) >= 11 is 0. The molecule has 10 rings (SSSR count). The maximum atomic E-state index is 6.74. The van der Waals surface area contributed by atoms with Crippen molar-refractivity contribution in [2.24, 2.45) is 0 Å². The van der Waals surface area contributed by atoms with E-state index in [0.29, 0.717) is 6.67 Å². The van der Waals surface area contributed by atoms with E-state index in [1.807, 2.05) is 12.3 Å². The number of hydrogen-bond donors (Lipinski definition) is 0. The standard InChI is InChI=1S/C53H44N4O/c1-36-30-45(37-16-7-5-8-17-37)52(46(31-36)38-18-9-6-10-19-38)56-35-55(48-24-13-14-25-49(48)56)40-20-15-21-41(33-40)58-42-26-27-44-43-22-11-12-23-47(43)57(50(44)34-42)51-32-39(28-29-54-51)53(2,3)4/h5-34H,35H2,1-4H3. The van der Waals surface area contributed by atoms with E-state index in [1.54, 1.807) is 0 Å². The minimum absolute atomic E-state index is 0.00285. The normalized spacial score (nSPS) is 12.7. The van der Waals surface area contributed by atoms with Gasteiger partial charge in [-0.2, -0.15) is 0 Å². The Balaban J connectivity index is 1.04. The Hall–Kier alpha value is -7.11. The average molecular weight is 753 g/mol. The number of rotatable bonds is 7. The van der Waals surface area contributed by atoms with E-state index in [2.05, 4.69) is 212 Å². The first kappa shape index (κ1) is 35.3. The highest BCUT2D eigenvalue weighted by Gasteiger charge is 2.31. The molecule has 0 aliphatic carbocycles. The van der Waals surface area contributed by atoms with Gasteiger partial charge in [-0.25, -0.2) is 4.98 Å². The number of benzene rings is 7.